The van der Waals surface area contributed by atoms with E-state index in [2.05, 4.69) is 21.0 Å². The molecule has 4 rings (SSSR count). The fourth-order valence-electron chi connectivity index (χ4n) is 3.31. The highest BCUT2D eigenvalue weighted by Gasteiger charge is 2.29. The minimum Gasteiger partial charge on any atom is -0.493 e. The Morgan fingerprint density at radius 2 is 1.82 bits per heavy atom. The van der Waals surface area contributed by atoms with Gasteiger partial charge in [0.25, 0.3) is 5.91 Å². The zero-order valence-corrected chi connectivity index (χ0v) is 20.9. The van der Waals surface area contributed by atoms with E-state index < -0.39 is 0 Å². The quantitative estimate of drug-likeness (QED) is 0.309. The van der Waals surface area contributed by atoms with Crippen LogP contribution in [0.3, 0.4) is 0 Å². The summed E-state index contributed by atoms with van der Waals surface area (Å²) in [6, 6.07) is 18.2. The van der Waals surface area contributed by atoms with Crippen LogP contribution in [0.1, 0.15) is 18.1 Å². The summed E-state index contributed by atoms with van der Waals surface area (Å²) in [5.41, 5.74) is 3.41. The molecule has 0 bridgehead atoms. The van der Waals surface area contributed by atoms with Crippen molar-refractivity contribution in [3.8, 4) is 11.5 Å². The van der Waals surface area contributed by atoms with Gasteiger partial charge in [-0.3, -0.25) is 4.79 Å². The first-order chi connectivity index (χ1) is 15.9. The summed E-state index contributed by atoms with van der Waals surface area (Å²) in [7, 11) is 1.56. The number of nitrogens with zero attached hydrogens (tertiary/aromatic N) is 2. The minimum absolute atomic E-state index is 0.192. The number of hydrogen-bond donors (Lipinski definition) is 0. The summed E-state index contributed by atoms with van der Waals surface area (Å²) >= 11 is 15.8. The second kappa shape index (κ2) is 10.00. The molecule has 0 saturated carbocycles. The number of methoxy groups -OCH3 is 1. The van der Waals surface area contributed by atoms with E-state index in [0.29, 0.717) is 38.5 Å². The molecule has 1 aliphatic rings. The maximum absolute atomic E-state index is 13.0. The van der Waals surface area contributed by atoms with E-state index in [0.717, 1.165) is 15.6 Å². The average Bonchev–Trinajstić information content (AvgIpc) is 3.08. The van der Waals surface area contributed by atoms with Crippen LogP contribution in [0.4, 0.5) is 5.69 Å². The number of anilines is 1. The van der Waals surface area contributed by atoms with Crippen molar-refractivity contribution in [1.82, 2.24) is 0 Å². The molecule has 8 heteroatoms. The molecule has 0 aliphatic carbocycles. The predicted octanol–water partition coefficient (Wildman–Crippen LogP) is 7.15. The van der Waals surface area contributed by atoms with Gasteiger partial charge < -0.3 is 9.47 Å². The van der Waals surface area contributed by atoms with Gasteiger partial charge in [0.05, 0.1) is 24.1 Å². The van der Waals surface area contributed by atoms with Gasteiger partial charge in [0.15, 0.2) is 11.5 Å². The van der Waals surface area contributed by atoms with Gasteiger partial charge in [-0.15, -0.1) is 0 Å². The van der Waals surface area contributed by atoms with Crippen LogP contribution in [0.15, 0.2) is 75.8 Å². The molecule has 1 amide bonds. The molecule has 0 unspecified atom stereocenters. The van der Waals surface area contributed by atoms with Gasteiger partial charge in [-0.25, -0.2) is 0 Å². The number of rotatable bonds is 6. The monoisotopic (exact) mass is 544 g/mol. The zero-order valence-electron chi connectivity index (χ0n) is 17.8. The van der Waals surface area contributed by atoms with E-state index in [-0.39, 0.29) is 12.5 Å². The smallest absolute Gasteiger partial charge is 0.280 e. The molecule has 3 aromatic carbocycles. The van der Waals surface area contributed by atoms with E-state index in [1.807, 2.05) is 49.4 Å². The van der Waals surface area contributed by atoms with Crippen LogP contribution < -0.4 is 14.5 Å². The molecular weight excluding hydrogens is 527 g/mol. The van der Waals surface area contributed by atoms with E-state index >= 15 is 0 Å². The summed E-state index contributed by atoms with van der Waals surface area (Å²) in [5.74, 6) is 0.865. The molecule has 3 aromatic rings. The first-order valence-electron chi connectivity index (χ1n) is 9.98. The van der Waals surface area contributed by atoms with Crippen molar-refractivity contribution < 1.29 is 14.3 Å². The highest BCUT2D eigenvalue weighted by atomic mass is 79.9. The van der Waals surface area contributed by atoms with Crippen LogP contribution in [-0.2, 0) is 11.4 Å². The fourth-order valence-corrected chi connectivity index (χ4v) is 4.21. The molecule has 0 radical (unpaired) electrons. The number of hydrazone groups is 1. The Labute approximate surface area is 210 Å². The Morgan fingerprint density at radius 1 is 1.06 bits per heavy atom. The van der Waals surface area contributed by atoms with Crippen molar-refractivity contribution in [3.63, 3.8) is 0 Å². The first-order valence-corrected chi connectivity index (χ1v) is 11.5. The van der Waals surface area contributed by atoms with Crippen molar-refractivity contribution in [2.45, 2.75) is 13.5 Å². The largest absolute Gasteiger partial charge is 0.493 e. The van der Waals surface area contributed by atoms with Crippen LogP contribution in [0, 0.1) is 0 Å². The number of benzene rings is 3. The zero-order chi connectivity index (χ0) is 23.5. The Morgan fingerprint density at radius 3 is 2.52 bits per heavy atom. The number of halogens is 3. The maximum atomic E-state index is 13.0. The number of ether oxygens (including phenoxy) is 2. The number of carbonyl (C=O) groups is 1. The van der Waals surface area contributed by atoms with Gasteiger partial charge in [-0.2, -0.15) is 10.1 Å². The SMILES string of the molecule is COc1cc(/C=C2/C(=O)N(c3ccccc3)N=C2C)c(Br)cc1OCc1ccc(Cl)cc1Cl. The molecule has 5 nitrogen and oxygen atoms in total. The van der Waals surface area contributed by atoms with Gasteiger partial charge in [0.2, 0.25) is 0 Å². The summed E-state index contributed by atoms with van der Waals surface area (Å²) in [4.78, 5) is 13.0. The molecular formula is C25H19BrCl2N2O3. The van der Waals surface area contributed by atoms with Gasteiger partial charge in [-0.05, 0) is 55.0 Å². The summed E-state index contributed by atoms with van der Waals surface area (Å²) in [6.45, 7) is 2.06. The minimum atomic E-state index is -0.192. The van der Waals surface area contributed by atoms with E-state index in [1.165, 1.54) is 5.01 Å². The van der Waals surface area contributed by atoms with E-state index in [9.17, 15) is 4.79 Å². The predicted molar refractivity (Wildman–Crippen MR) is 137 cm³/mol. The lowest BCUT2D eigenvalue weighted by molar-refractivity contribution is -0.114. The van der Waals surface area contributed by atoms with Crippen LogP contribution in [0.5, 0.6) is 11.5 Å². The molecule has 33 heavy (non-hydrogen) atoms. The van der Waals surface area contributed by atoms with Crippen LogP contribution >= 0.6 is 39.1 Å². The van der Waals surface area contributed by atoms with Crippen LogP contribution in [0.2, 0.25) is 10.0 Å². The highest BCUT2D eigenvalue weighted by molar-refractivity contribution is 9.10. The Kier molecular flexibility index (Phi) is 7.08. The van der Waals surface area contributed by atoms with Gasteiger partial charge in [0.1, 0.15) is 6.61 Å². The number of hydrogen-bond acceptors (Lipinski definition) is 4. The van der Waals surface area contributed by atoms with Crippen molar-refractivity contribution in [2.24, 2.45) is 5.10 Å². The van der Waals surface area contributed by atoms with Gasteiger partial charge in [-0.1, -0.05) is 63.4 Å². The van der Waals surface area contributed by atoms with E-state index in [4.69, 9.17) is 32.7 Å². The summed E-state index contributed by atoms with van der Waals surface area (Å²) in [5, 5.41) is 6.92. The lowest BCUT2D eigenvalue weighted by Crippen LogP contribution is -2.21. The van der Waals surface area contributed by atoms with Crippen molar-refractivity contribution in [3.05, 3.63) is 91.9 Å². The van der Waals surface area contributed by atoms with Crippen molar-refractivity contribution >= 4 is 62.5 Å². The standard InChI is InChI=1S/C25H19BrCl2N2O3/c1-15-20(25(31)30(29-15)19-6-4-3-5-7-19)10-17-11-23(32-2)24(13-21(17)26)33-14-16-8-9-18(27)12-22(16)28/h3-13H,14H2,1-2H3/b20-10+. The lowest BCUT2D eigenvalue weighted by atomic mass is 10.1. The topological polar surface area (TPSA) is 51.1 Å². The third kappa shape index (κ3) is 5.08. The molecule has 0 aromatic heterocycles. The molecule has 0 atom stereocenters. The summed E-state index contributed by atoms with van der Waals surface area (Å²) in [6.07, 6.45) is 1.79. The van der Waals surface area contributed by atoms with Gasteiger partial charge >= 0.3 is 0 Å². The summed E-state index contributed by atoms with van der Waals surface area (Å²) < 4.78 is 12.2. The van der Waals surface area contributed by atoms with Crippen molar-refractivity contribution in [1.29, 1.82) is 0 Å². The highest BCUT2D eigenvalue weighted by Crippen LogP contribution is 2.36. The van der Waals surface area contributed by atoms with Crippen LogP contribution in [0.25, 0.3) is 6.08 Å². The Balaban J connectivity index is 1.60. The first kappa shape index (κ1) is 23.4. The number of para-hydroxylation sites is 1. The molecule has 0 N–H and O–H groups in total. The third-order valence-electron chi connectivity index (χ3n) is 5.04. The molecule has 1 aliphatic heterocycles. The average molecular weight is 546 g/mol. The second-order valence-electron chi connectivity index (χ2n) is 7.24. The van der Waals surface area contributed by atoms with Crippen molar-refractivity contribution in [2.75, 3.05) is 12.1 Å². The number of carbonyl (C=O) groups excluding carboxylic acids is 1. The third-order valence-corrected chi connectivity index (χ3v) is 6.32. The molecule has 168 valence electrons. The fraction of sp³-hybridized carbons (Fsp3) is 0.120. The van der Waals surface area contributed by atoms with Gasteiger partial charge in [0, 0.05) is 20.1 Å². The Bertz CT molecular complexity index is 1280. The number of amides is 1. The lowest BCUT2D eigenvalue weighted by Gasteiger charge is -2.14. The van der Waals surface area contributed by atoms with Crippen LogP contribution in [-0.4, -0.2) is 18.7 Å². The maximum Gasteiger partial charge on any atom is 0.280 e. The Hall–Kier alpha value is -2.80. The van der Waals surface area contributed by atoms with E-state index in [1.54, 1.807) is 31.4 Å². The molecule has 1 heterocycles. The second-order valence-corrected chi connectivity index (χ2v) is 8.94. The molecule has 0 spiro atoms. The molecule has 0 fully saturated rings. The normalized spacial score (nSPS) is 14.6. The molecule has 0 saturated heterocycles.